The van der Waals surface area contributed by atoms with Crippen LogP contribution in [0.4, 0.5) is 0 Å². The number of esters is 1. The lowest BCUT2D eigenvalue weighted by molar-refractivity contribution is -0.171. The summed E-state index contributed by atoms with van der Waals surface area (Å²) in [6, 6.07) is 0. The summed E-state index contributed by atoms with van der Waals surface area (Å²) < 4.78 is 11.0. The van der Waals surface area contributed by atoms with Gasteiger partial charge in [-0.05, 0) is 39.5 Å². The molecule has 2 rings (SSSR count). The maximum atomic E-state index is 11.9. The van der Waals surface area contributed by atoms with Gasteiger partial charge in [0.1, 0.15) is 0 Å². The summed E-state index contributed by atoms with van der Waals surface area (Å²) in [5.74, 6) is -1.80. The molecule has 0 aromatic carbocycles. The Balaban J connectivity index is 2.02. The first kappa shape index (κ1) is 15.3. The molecule has 2 fully saturated rings. The molecule has 2 aliphatic rings. The van der Waals surface area contributed by atoms with Crippen molar-refractivity contribution in [2.45, 2.75) is 70.5 Å². The van der Waals surface area contributed by atoms with Crippen molar-refractivity contribution in [3.8, 4) is 0 Å². The predicted octanol–water partition coefficient (Wildman–Crippen LogP) is 2.52. The monoisotopic (exact) mass is 284 g/mol. The largest absolute Gasteiger partial charge is 0.480 e. The van der Waals surface area contributed by atoms with Crippen molar-refractivity contribution < 1.29 is 24.2 Å². The summed E-state index contributed by atoms with van der Waals surface area (Å²) in [4.78, 5) is 23.4. The summed E-state index contributed by atoms with van der Waals surface area (Å²) in [6.45, 7) is 3.31. The van der Waals surface area contributed by atoms with Gasteiger partial charge in [0.25, 0.3) is 0 Å². The van der Waals surface area contributed by atoms with Gasteiger partial charge in [0.2, 0.25) is 0 Å². The smallest absolute Gasteiger partial charge is 0.323 e. The second-order valence-electron chi connectivity index (χ2n) is 6.23. The topological polar surface area (TPSA) is 72.8 Å². The van der Waals surface area contributed by atoms with E-state index in [0.29, 0.717) is 0 Å². The number of hydrogen-bond acceptors (Lipinski definition) is 4. The first-order valence-electron chi connectivity index (χ1n) is 7.50. The Morgan fingerprint density at radius 2 is 2.00 bits per heavy atom. The Hall–Kier alpha value is -1.10. The highest BCUT2D eigenvalue weighted by Gasteiger charge is 2.49. The minimum absolute atomic E-state index is 0.0429. The van der Waals surface area contributed by atoms with E-state index in [4.69, 9.17) is 9.47 Å². The molecule has 1 aliphatic heterocycles. The zero-order chi connectivity index (χ0) is 14.8. The van der Waals surface area contributed by atoms with Crippen molar-refractivity contribution in [3.05, 3.63) is 0 Å². The van der Waals surface area contributed by atoms with E-state index in [1.54, 1.807) is 6.92 Å². The fourth-order valence-electron chi connectivity index (χ4n) is 3.43. The highest BCUT2D eigenvalue weighted by atomic mass is 16.5. The minimum atomic E-state index is -1.51. The van der Waals surface area contributed by atoms with Crippen molar-refractivity contribution in [1.29, 1.82) is 0 Å². The molecule has 1 heterocycles. The quantitative estimate of drug-likeness (QED) is 0.620. The van der Waals surface area contributed by atoms with E-state index >= 15 is 0 Å². The van der Waals surface area contributed by atoms with Crippen molar-refractivity contribution in [2.75, 3.05) is 6.61 Å². The molecule has 0 amide bonds. The molecule has 1 N–H and O–H groups in total. The molecule has 114 valence electrons. The van der Waals surface area contributed by atoms with Gasteiger partial charge in [0.05, 0.1) is 18.3 Å². The molecule has 1 saturated carbocycles. The highest BCUT2D eigenvalue weighted by Crippen LogP contribution is 2.45. The number of aliphatic carboxylic acids is 1. The molecule has 2 atom stereocenters. The molecular formula is C15H24O5. The zero-order valence-corrected chi connectivity index (χ0v) is 12.3. The van der Waals surface area contributed by atoms with Crippen LogP contribution in [0.1, 0.15) is 58.8 Å². The van der Waals surface area contributed by atoms with E-state index in [1.165, 1.54) is 19.8 Å². The van der Waals surface area contributed by atoms with Crippen LogP contribution in [0.15, 0.2) is 0 Å². The van der Waals surface area contributed by atoms with Crippen molar-refractivity contribution in [1.82, 2.24) is 0 Å². The van der Waals surface area contributed by atoms with E-state index < -0.39 is 17.4 Å². The summed E-state index contributed by atoms with van der Waals surface area (Å²) in [5, 5.41) is 9.39. The molecular weight excluding hydrogens is 260 g/mol. The predicted molar refractivity (Wildman–Crippen MR) is 72.3 cm³/mol. The first-order chi connectivity index (χ1) is 9.42. The number of carboxylic acid groups (broad SMARTS) is 1. The number of carbonyl (C=O) groups excluding carboxylic acids is 1. The highest BCUT2D eigenvalue weighted by molar-refractivity contribution is 5.98. The molecule has 1 aliphatic carbocycles. The van der Waals surface area contributed by atoms with Gasteiger partial charge in [-0.3, -0.25) is 9.59 Å². The molecule has 1 saturated heterocycles. The maximum Gasteiger partial charge on any atom is 0.323 e. The van der Waals surface area contributed by atoms with Crippen LogP contribution in [-0.4, -0.2) is 35.4 Å². The molecule has 0 bridgehead atoms. The van der Waals surface area contributed by atoms with Gasteiger partial charge >= 0.3 is 11.9 Å². The Labute approximate surface area is 119 Å². The van der Waals surface area contributed by atoms with Gasteiger partial charge in [-0.15, -0.1) is 0 Å². The van der Waals surface area contributed by atoms with E-state index in [0.717, 1.165) is 25.7 Å². The fraction of sp³-hybridized carbons (Fsp3) is 0.867. The van der Waals surface area contributed by atoms with Gasteiger partial charge in [-0.1, -0.05) is 12.8 Å². The number of carboxylic acids is 1. The Kier molecular flexibility index (Phi) is 4.37. The normalized spacial score (nSPS) is 27.4. The van der Waals surface area contributed by atoms with Crippen molar-refractivity contribution >= 4 is 11.9 Å². The number of ether oxygens (including phenoxy) is 2. The second-order valence-corrected chi connectivity index (χ2v) is 6.23. The summed E-state index contributed by atoms with van der Waals surface area (Å²) in [6.07, 6.45) is 6.35. The molecule has 2 unspecified atom stereocenters. The number of carbonyl (C=O) groups is 2. The third kappa shape index (κ3) is 2.82. The SMILES string of the molecule is CCOC(=O)C(C)(CC1CCC2(CCCC2)O1)C(=O)O. The lowest BCUT2D eigenvalue weighted by atomic mass is 9.83. The van der Waals surface area contributed by atoms with Gasteiger partial charge in [0, 0.05) is 6.42 Å². The van der Waals surface area contributed by atoms with Crippen molar-refractivity contribution in [2.24, 2.45) is 5.41 Å². The third-order valence-corrected chi connectivity index (χ3v) is 4.69. The Bertz CT molecular complexity index is 386. The van der Waals surface area contributed by atoms with Gasteiger partial charge in [-0.25, -0.2) is 0 Å². The zero-order valence-electron chi connectivity index (χ0n) is 12.3. The molecule has 0 aromatic rings. The number of hydrogen-bond donors (Lipinski definition) is 1. The van der Waals surface area contributed by atoms with Crippen LogP contribution in [0.2, 0.25) is 0 Å². The van der Waals surface area contributed by atoms with Crippen LogP contribution in [-0.2, 0) is 19.1 Å². The van der Waals surface area contributed by atoms with Crippen LogP contribution >= 0.6 is 0 Å². The molecule has 5 heteroatoms. The van der Waals surface area contributed by atoms with Crippen LogP contribution in [0, 0.1) is 5.41 Å². The standard InChI is InChI=1S/C15H24O5/c1-3-19-13(18)14(2,12(16)17)10-11-6-9-15(20-11)7-4-5-8-15/h11H,3-10H2,1-2H3,(H,16,17). The summed E-state index contributed by atoms with van der Waals surface area (Å²) in [7, 11) is 0. The van der Waals surface area contributed by atoms with E-state index in [2.05, 4.69) is 0 Å². The molecule has 0 radical (unpaired) electrons. The van der Waals surface area contributed by atoms with E-state index in [9.17, 15) is 14.7 Å². The van der Waals surface area contributed by atoms with Gasteiger partial charge in [0.15, 0.2) is 5.41 Å². The molecule has 1 spiro atoms. The number of rotatable bonds is 5. The van der Waals surface area contributed by atoms with Crippen LogP contribution in [0.25, 0.3) is 0 Å². The van der Waals surface area contributed by atoms with Crippen LogP contribution < -0.4 is 0 Å². The maximum absolute atomic E-state index is 11.9. The average molecular weight is 284 g/mol. The summed E-state index contributed by atoms with van der Waals surface area (Å²) >= 11 is 0. The lowest BCUT2D eigenvalue weighted by Crippen LogP contribution is -2.41. The van der Waals surface area contributed by atoms with Crippen LogP contribution in [0.3, 0.4) is 0 Å². The van der Waals surface area contributed by atoms with Crippen LogP contribution in [0.5, 0.6) is 0 Å². The molecule has 0 aromatic heterocycles. The fourth-order valence-corrected chi connectivity index (χ4v) is 3.43. The summed E-state index contributed by atoms with van der Waals surface area (Å²) in [5.41, 5.74) is -1.55. The minimum Gasteiger partial charge on any atom is -0.480 e. The molecule has 20 heavy (non-hydrogen) atoms. The third-order valence-electron chi connectivity index (χ3n) is 4.69. The van der Waals surface area contributed by atoms with Gasteiger partial charge < -0.3 is 14.6 Å². The van der Waals surface area contributed by atoms with E-state index in [1.807, 2.05) is 0 Å². The van der Waals surface area contributed by atoms with E-state index in [-0.39, 0.29) is 24.7 Å². The average Bonchev–Trinajstić information content (AvgIpc) is 3.00. The molecule has 5 nitrogen and oxygen atoms in total. The second kappa shape index (κ2) is 5.72. The first-order valence-corrected chi connectivity index (χ1v) is 7.50. The Morgan fingerprint density at radius 3 is 2.55 bits per heavy atom. The van der Waals surface area contributed by atoms with Gasteiger partial charge in [-0.2, -0.15) is 0 Å². The lowest BCUT2D eigenvalue weighted by Gasteiger charge is -2.28. The Morgan fingerprint density at radius 1 is 1.35 bits per heavy atom. The van der Waals surface area contributed by atoms with Crippen molar-refractivity contribution in [3.63, 3.8) is 0 Å².